The van der Waals surface area contributed by atoms with Gasteiger partial charge in [-0.25, -0.2) is 13.1 Å². The second-order valence-corrected chi connectivity index (χ2v) is 5.49. The number of sulfonamides is 1. The number of nitrogens with two attached hydrogens (primary N) is 2. The summed E-state index contributed by atoms with van der Waals surface area (Å²) in [5.41, 5.74) is 11.6. The number of anilines is 2. The van der Waals surface area contributed by atoms with Gasteiger partial charge in [0.05, 0.1) is 16.3 Å². The van der Waals surface area contributed by atoms with Gasteiger partial charge in [-0.3, -0.25) is 4.79 Å². The Balaban J connectivity index is 2.84. The first-order chi connectivity index (χ1) is 8.36. The van der Waals surface area contributed by atoms with Crippen molar-refractivity contribution in [2.45, 2.75) is 11.3 Å². The second kappa shape index (κ2) is 5.69. The fourth-order valence-corrected chi connectivity index (χ4v) is 2.07. The van der Waals surface area contributed by atoms with E-state index in [0.29, 0.717) is 12.2 Å². The van der Waals surface area contributed by atoms with Crippen LogP contribution in [0, 0.1) is 0 Å². The zero-order valence-electron chi connectivity index (χ0n) is 9.93. The minimum absolute atomic E-state index is 0.0861. The first-order valence-corrected chi connectivity index (χ1v) is 6.70. The molecule has 0 saturated carbocycles. The van der Waals surface area contributed by atoms with Crippen molar-refractivity contribution in [2.24, 2.45) is 5.73 Å². The topological polar surface area (TPSA) is 127 Å². The summed E-state index contributed by atoms with van der Waals surface area (Å²) in [7, 11) is -2.18. The Labute approximate surface area is 106 Å². The van der Waals surface area contributed by atoms with Crippen molar-refractivity contribution in [3.05, 3.63) is 18.2 Å². The van der Waals surface area contributed by atoms with Crippen LogP contribution in [0.1, 0.15) is 6.42 Å². The fourth-order valence-electron chi connectivity index (χ4n) is 1.31. The molecule has 1 rings (SSSR count). The van der Waals surface area contributed by atoms with Gasteiger partial charge >= 0.3 is 0 Å². The summed E-state index contributed by atoms with van der Waals surface area (Å²) in [5.74, 6) is -0.421. The molecular weight excluding hydrogens is 256 g/mol. The third kappa shape index (κ3) is 3.60. The molecule has 1 aromatic rings. The molecule has 7 nitrogen and oxygen atoms in total. The Kier molecular flexibility index (Phi) is 4.51. The SMILES string of the molecule is CNS(=O)(=O)c1ccc(NCCC(N)=O)c(N)c1. The monoisotopic (exact) mass is 272 g/mol. The Morgan fingerprint density at radius 3 is 2.56 bits per heavy atom. The molecule has 0 aliphatic carbocycles. The van der Waals surface area contributed by atoms with E-state index in [1.54, 1.807) is 6.07 Å². The molecule has 18 heavy (non-hydrogen) atoms. The number of hydrogen-bond acceptors (Lipinski definition) is 5. The summed E-state index contributed by atoms with van der Waals surface area (Å²) in [5, 5.41) is 2.90. The lowest BCUT2D eigenvalue weighted by molar-refractivity contribution is -0.117. The summed E-state index contributed by atoms with van der Waals surface area (Å²) in [6.07, 6.45) is 0.177. The predicted molar refractivity (Wildman–Crippen MR) is 69.4 cm³/mol. The van der Waals surface area contributed by atoms with Crippen molar-refractivity contribution in [3.63, 3.8) is 0 Å². The lowest BCUT2D eigenvalue weighted by Crippen LogP contribution is -2.19. The van der Waals surface area contributed by atoms with Gasteiger partial charge in [0.25, 0.3) is 0 Å². The van der Waals surface area contributed by atoms with Crippen LogP contribution in [-0.2, 0) is 14.8 Å². The number of nitrogen functional groups attached to an aromatic ring is 1. The Hall–Kier alpha value is -1.80. The first kappa shape index (κ1) is 14.3. The third-order valence-electron chi connectivity index (χ3n) is 2.29. The first-order valence-electron chi connectivity index (χ1n) is 5.22. The molecule has 0 bridgehead atoms. The largest absolute Gasteiger partial charge is 0.397 e. The maximum atomic E-state index is 11.5. The van der Waals surface area contributed by atoms with Crippen LogP contribution in [0.3, 0.4) is 0 Å². The van der Waals surface area contributed by atoms with Crippen LogP contribution >= 0.6 is 0 Å². The van der Waals surface area contributed by atoms with Crippen LogP contribution in [0.5, 0.6) is 0 Å². The van der Waals surface area contributed by atoms with Crippen LogP contribution < -0.4 is 21.5 Å². The quantitative estimate of drug-likeness (QED) is 0.517. The molecule has 0 unspecified atom stereocenters. The molecular formula is C10H16N4O3S. The van der Waals surface area contributed by atoms with Gasteiger partial charge in [0.2, 0.25) is 15.9 Å². The molecule has 8 heteroatoms. The molecule has 6 N–H and O–H groups in total. The van der Waals surface area contributed by atoms with Gasteiger partial charge in [-0.05, 0) is 25.2 Å². The van der Waals surface area contributed by atoms with Gasteiger partial charge in [-0.15, -0.1) is 0 Å². The normalized spacial score (nSPS) is 11.2. The molecule has 0 spiro atoms. The zero-order valence-corrected chi connectivity index (χ0v) is 10.8. The second-order valence-electron chi connectivity index (χ2n) is 3.60. The summed E-state index contributed by atoms with van der Waals surface area (Å²) in [6, 6.07) is 4.31. The molecule has 0 saturated heterocycles. The highest BCUT2D eigenvalue weighted by Gasteiger charge is 2.12. The van der Waals surface area contributed by atoms with E-state index in [1.165, 1.54) is 19.2 Å². The number of carbonyl (C=O) groups excluding carboxylic acids is 1. The number of primary amides is 1. The molecule has 1 amide bonds. The molecule has 1 aromatic carbocycles. The van der Waals surface area contributed by atoms with Crippen molar-refractivity contribution in [3.8, 4) is 0 Å². The molecule has 100 valence electrons. The fraction of sp³-hybridized carbons (Fsp3) is 0.300. The number of carbonyl (C=O) groups is 1. The molecule has 0 aromatic heterocycles. The van der Waals surface area contributed by atoms with Crippen LogP contribution in [0.2, 0.25) is 0 Å². The van der Waals surface area contributed by atoms with Crippen molar-refractivity contribution < 1.29 is 13.2 Å². The minimum atomic E-state index is -3.50. The van der Waals surface area contributed by atoms with Crippen LogP contribution in [0.4, 0.5) is 11.4 Å². The van der Waals surface area contributed by atoms with Crippen molar-refractivity contribution in [1.82, 2.24) is 4.72 Å². The van der Waals surface area contributed by atoms with E-state index >= 15 is 0 Å². The lowest BCUT2D eigenvalue weighted by atomic mass is 10.2. The Morgan fingerprint density at radius 2 is 2.06 bits per heavy atom. The highest BCUT2D eigenvalue weighted by molar-refractivity contribution is 7.89. The van der Waals surface area contributed by atoms with Crippen LogP contribution in [-0.4, -0.2) is 27.9 Å². The van der Waals surface area contributed by atoms with Gasteiger partial charge in [0.15, 0.2) is 0 Å². The number of rotatable bonds is 6. The maximum Gasteiger partial charge on any atom is 0.240 e. The average molecular weight is 272 g/mol. The summed E-state index contributed by atoms with van der Waals surface area (Å²) in [6.45, 7) is 0.345. The van der Waals surface area contributed by atoms with Crippen molar-refractivity contribution in [1.29, 1.82) is 0 Å². The third-order valence-corrected chi connectivity index (χ3v) is 3.70. The number of nitrogens with one attached hydrogen (secondary N) is 2. The molecule has 0 aliphatic heterocycles. The average Bonchev–Trinajstić information content (AvgIpc) is 2.30. The van der Waals surface area contributed by atoms with Gasteiger partial charge < -0.3 is 16.8 Å². The van der Waals surface area contributed by atoms with Crippen molar-refractivity contribution in [2.75, 3.05) is 24.6 Å². The standard InChI is InChI=1S/C10H16N4O3S/c1-13-18(16,17)7-2-3-9(8(11)6-7)14-5-4-10(12)15/h2-3,6,13-14H,4-5,11H2,1H3,(H2,12,15). The molecule has 0 radical (unpaired) electrons. The van der Waals surface area contributed by atoms with E-state index in [2.05, 4.69) is 10.0 Å². The van der Waals surface area contributed by atoms with E-state index in [0.717, 1.165) is 0 Å². The Bertz CT molecular complexity index is 542. The molecule has 0 atom stereocenters. The minimum Gasteiger partial charge on any atom is -0.397 e. The number of benzene rings is 1. The Morgan fingerprint density at radius 1 is 1.39 bits per heavy atom. The maximum absolute atomic E-state index is 11.5. The van der Waals surface area contributed by atoms with E-state index in [-0.39, 0.29) is 17.0 Å². The van der Waals surface area contributed by atoms with Gasteiger partial charge in [-0.1, -0.05) is 0 Å². The number of amides is 1. The molecule has 0 fully saturated rings. The van der Waals surface area contributed by atoms with E-state index in [9.17, 15) is 13.2 Å². The van der Waals surface area contributed by atoms with Gasteiger partial charge in [-0.2, -0.15) is 0 Å². The summed E-state index contributed by atoms with van der Waals surface area (Å²) in [4.78, 5) is 10.6. The van der Waals surface area contributed by atoms with E-state index < -0.39 is 15.9 Å². The molecule has 0 aliphatic rings. The van der Waals surface area contributed by atoms with E-state index in [1.807, 2.05) is 0 Å². The smallest absolute Gasteiger partial charge is 0.240 e. The van der Waals surface area contributed by atoms with E-state index in [4.69, 9.17) is 11.5 Å². The van der Waals surface area contributed by atoms with Crippen LogP contribution in [0.25, 0.3) is 0 Å². The number of hydrogen-bond donors (Lipinski definition) is 4. The van der Waals surface area contributed by atoms with Crippen LogP contribution in [0.15, 0.2) is 23.1 Å². The highest BCUT2D eigenvalue weighted by Crippen LogP contribution is 2.22. The predicted octanol–water partition coefficient (Wildman–Crippen LogP) is -0.536. The van der Waals surface area contributed by atoms with Gasteiger partial charge in [0, 0.05) is 13.0 Å². The summed E-state index contributed by atoms with van der Waals surface area (Å²) < 4.78 is 25.2. The summed E-state index contributed by atoms with van der Waals surface area (Å²) >= 11 is 0. The van der Waals surface area contributed by atoms with Crippen molar-refractivity contribution >= 4 is 27.3 Å². The molecule has 0 heterocycles. The highest BCUT2D eigenvalue weighted by atomic mass is 32.2. The van der Waals surface area contributed by atoms with Gasteiger partial charge in [0.1, 0.15) is 0 Å². The lowest BCUT2D eigenvalue weighted by Gasteiger charge is -2.10. The zero-order chi connectivity index (χ0) is 13.8.